The average Bonchev–Trinajstić information content (AvgIpc) is 2.15. The van der Waals surface area contributed by atoms with E-state index in [0.29, 0.717) is 23.8 Å². The molecule has 2 nitrogen and oxygen atoms in total. The van der Waals surface area contributed by atoms with Crippen LogP contribution in [-0.4, -0.2) is 18.1 Å². The van der Waals surface area contributed by atoms with Crippen LogP contribution >= 0.6 is 12.2 Å². The Morgan fingerprint density at radius 3 is 2.64 bits per heavy atom. The zero-order chi connectivity index (χ0) is 10.6. The molecule has 0 saturated carbocycles. The lowest BCUT2D eigenvalue weighted by molar-refractivity contribution is 0.622. The molecule has 14 heavy (non-hydrogen) atoms. The minimum Gasteiger partial charge on any atom is -0.392 e. The number of benzene rings is 1. The summed E-state index contributed by atoms with van der Waals surface area (Å²) < 4.78 is 13.4. The molecule has 2 N–H and O–H groups in total. The van der Waals surface area contributed by atoms with Gasteiger partial charge in [-0.2, -0.15) is 0 Å². The van der Waals surface area contributed by atoms with Crippen molar-refractivity contribution in [2.24, 2.45) is 5.73 Å². The van der Waals surface area contributed by atoms with Gasteiger partial charge in [-0.15, -0.1) is 0 Å². The van der Waals surface area contributed by atoms with E-state index in [2.05, 4.69) is 0 Å². The Morgan fingerprint density at radius 1 is 1.50 bits per heavy atom. The summed E-state index contributed by atoms with van der Waals surface area (Å²) in [5.41, 5.74) is 5.97. The Labute approximate surface area is 88.5 Å². The van der Waals surface area contributed by atoms with Gasteiger partial charge in [0.1, 0.15) is 5.82 Å². The van der Waals surface area contributed by atoms with Gasteiger partial charge >= 0.3 is 0 Å². The van der Waals surface area contributed by atoms with Crippen LogP contribution in [0, 0.1) is 5.82 Å². The smallest absolute Gasteiger partial charge is 0.146 e. The van der Waals surface area contributed by atoms with Crippen molar-refractivity contribution in [3.8, 4) is 0 Å². The highest BCUT2D eigenvalue weighted by molar-refractivity contribution is 7.80. The molecule has 0 unspecified atom stereocenters. The molecule has 0 aliphatic heterocycles. The Balaban J connectivity index is 2.89. The first-order chi connectivity index (χ1) is 6.65. The van der Waals surface area contributed by atoms with E-state index in [4.69, 9.17) is 18.0 Å². The van der Waals surface area contributed by atoms with Gasteiger partial charge in [0.2, 0.25) is 0 Å². The number of halogens is 1. The second kappa shape index (κ2) is 4.91. The molecule has 0 aliphatic carbocycles. The lowest BCUT2D eigenvalue weighted by atomic mass is 10.2. The molecule has 0 aromatic heterocycles. The molecule has 1 aromatic rings. The number of hydrogen-bond donors (Lipinski definition) is 1. The molecular weight excluding hydrogens is 199 g/mol. The number of nitrogens with two attached hydrogens (primary N) is 1. The zero-order valence-electron chi connectivity index (χ0n) is 8.03. The maximum absolute atomic E-state index is 13.4. The lowest BCUT2D eigenvalue weighted by Gasteiger charge is -2.22. The van der Waals surface area contributed by atoms with Crippen LogP contribution in [-0.2, 0) is 0 Å². The molecule has 0 fully saturated rings. The molecular formula is C10H13FN2S. The molecule has 0 spiro atoms. The number of anilines is 1. The van der Waals surface area contributed by atoms with Crippen LogP contribution in [0.5, 0.6) is 0 Å². The van der Waals surface area contributed by atoms with Gasteiger partial charge in [0.15, 0.2) is 0 Å². The maximum Gasteiger partial charge on any atom is 0.146 e. The molecule has 0 saturated heterocycles. The van der Waals surface area contributed by atoms with Crippen molar-refractivity contribution >= 4 is 22.9 Å². The fourth-order valence-corrected chi connectivity index (χ4v) is 1.42. The van der Waals surface area contributed by atoms with Gasteiger partial charge in [-0.25, -0.2) is 4.39 Å². The normalized spacial score (nSPS) is 9.86. The highest BCUT2D eigenvalue weighted by atomic mass is 32.1. The quantitative estimate of drug-likeness (QED) is 0.773. The van der Waals surface area contributed by atoms with Gasteiger partial charge in [0.05, 0.1) is 17.2 Å². The zero-order valence-corrected chi connectivity index (χ0v) is 8.85. The summed E-state index contributed by atoms with van der Waals surface area (Å²) in [7, 11) is 0. The summed E-state index contributed by atoms with van der Waals surface area (Å²) in [5.74, 6) is -0.245. The SMILES string of the molecule is CCN(CC(N)=S)c1ccccc1F. The van der Waals surface area contributed by atoms with Crippen LogP contribution in [0.2, 0.25) is 0 Å². The predicted molar refractivity (Wildman–Crippen MR) is 61.1 cm³/mol. The molecule has 76 valence electrons. The van der Waals surface area contributed by atoms with Gasteiger partial charge in [-0.05, 0) is 19.1 Å². The second-order valence-electron chi connectivity index (χ2n) is 2.93. The number of likely N-dealkylation sites (N-methyl/N-ethyl adjacent to an activating group) is 1. The average molecular weight is 212 g/mol. The number of nitrogens with zero attached hydrogens (tertiary/aromatic N) is 1. The Bertz CT molecular complexity index is 328. The summed E-state index contributed by atoms with van der Waals surface area (Å²) in [5, 5.41) is 0. The number of thiocarbonyl (C=S) groups is 1. The molecule has 0 heterocycles. The van der Waals surface area contributed by atoms with Crippen molar-refractivity contribution in [2.75, 3.05) is 18.0 Å². The fraction of sp³-hybridized carbons (Fsp3) is 0.300. The molecule has 1 rings (SSSR count). The van der Waals surface area contributed by atoms with E-state index in [9.17, 15) is 4.39 Å². The van der Waals surface area contributed by atoms with Crippen molar-refractivity contribution in [2.45, 2.75) is 6.92 Å². The highest BCUT2D eigenvalue weighted by Crippen LogP contribution is 2.17. The fourth-order valence-electron chi connectivity index (χ4n) is 1.26. The van der Waals surface area contributed by atoms with Gasteiger partial charge in [-0.1, -0.05) is 24.4 Å². The van der Waals surface area contributed by atoms with Crippen molar-refractivity contribution in [3.63, 3.8) is 0 Å². The standard InChI is InChI=1S/C10H13FN2S/c1-2-13(7-10(12)14)9-6-4-3-5-8(9)11/h3-6H,2,7H2,1H3,(H2,12,14). The van der Waals surface area contributed by atoms with E-state index >= 15 is 0 Å². The summed E-state index contributed by atoms with van der Waals surface area (Å²) in [6.45, 7) is 3.02. The third kappa shape index (κ3) is 2.67. The van der Waals surface area contributed by atoms with Crippen LogP contribution < -0.4 is 10.6 Å². The topological polar surface area (TPSA) is 29.3 Å². The van der Waals surface area contributed by atoms with E-state index in [1.807, 2.05) is 6.92 Å². The third-order valence-corrected chi connectivity index (χ3v) is 2.05. The minimum absolute atomic E-state index is 0.245. The first-order valence-electron chi connectivity index (χ1n) is 4.43. The molecule has 1 aromatic carbocycles. The van der Waals surface area contributed by atoms with Crippen molar-refractivity contribution in [1.82, 2.24) is 0 Å². The molecule has 0 amide bonds. The summed E-state index contributed by atoms with van der Waals surface area (Å²) in [6, 6.07) is 6.60. The first kappa shape index (κ1) is 10.9. The highest BCUT2D eigenvalue weighted by Gasteiger charge is 2.09. The maximum atomic E-state index is 13.4. The Hall–Kier alpha value is -1.16. The number of hydrogen-bond acceptors (Lipinski definition) is 2. The largest absolute Gasteiger partial charge is 0.392 e. The van der Waals surface area contributed by atoms with E-state index in [-0.39, 0.29) is 5.82 Å². The summed E-state index contributed by atoms with van der Waals surface area (Å²) >= 11 is 4.79. The van der Waals surface area contributed by atoms with E-state index < -0.39 is 0 Å². The monoisotopic (exact) mass is 212 g/mol. The van der Waals surface area contributed by atoms with Crippen LogP contribution in [0.15, 0.2) is 24.3 Å². The van der Waals surface area contributed by atoms with Crippen molar-refractivity contribution < 1.29 is 4.39 Å². The molecule has 0 radical (unpaired) electrons. The third-order valence-electron chi connectivity index (χ3n) is 1.92. The first-order valence-corrected chi connectivity index (χ1v) is 4.83. The van der Waals surface area contributed by atoms with E-state index in [0.717, 1.165) is 0 Å². The Morgan fingerprint density at radius 2 is 2.14 bits per heavy atom. The summed E-state index contributed by atoms with van der Waals surface area (Å²) in [6.07, 6.45) is 0. The lowest BCUT2D eigenvalue weighted by Crippen LogP contribution is -2.33. The second-order valence-corrected chi connectivity index (χ2v) is 3.46. The molecule has 4 heteroatoms. The van der Waals surface area contributed by atoms with Gasteiger partial charge < -0.3 is 10.6 Å². The van der Waals surface area contributed by atoms with E-state index in [1.165, 1.54) is 6.07 Å². The number of rotatable bonds is 4. The van der Waals surface area contributed by atoms with Crippen LogP contribution in [0.4, 0.5) is 10.1 Å². The van der Waals surface area contributed by atoms with Crippen LogP contribution in [0.1, 0.15) is 6.92 Å². The molecule has 0 aliphatic rings. The minimum atomic E-state index is -0.245. The summed E-state index contributed by atoms with van der Waals surface area (Å²) in [4.78, 5) is 2.17. The van der Waals surface area contributed by atoms with Gasteiger partial charge in [0.25, 0.3) is 0 Å². The predicted octanol–water partition coefficient (Wildman–Crippen LogP) is 1.94. The van der Waals surface area contributed by atoms with Gasteiger partial charge in [-0.3, -0.25) is 0 Å². The van der Waals surface area contributed by atoms with Crippen molar-refractivity contribution in [3.05, 3.63) is 30.1 Å². The van der Waals surface area contributed by atoms with Crippen LogP contribution in [0.3, 0.4) is 0 Å². The number of para-hydroxylation sites is 1. The van der Waals surface area contributed by atoms with E-state index in [1.54, 1.807) is 23.1 Å². The van der Waals surface area contributed by atoms with Gasteiger partial charge in [0, 0.05) is 6.54 Å². The molecule has 0 bridgehead atoms. The van der Waals surface area contributed by atoms with Crippen LogP contribution in [0.25, 0.3) is 0 Å². The Kier molecular flexibility index (Phi) is 3.83. The molecule has 0 atom stereocenters. The van der Waals surface area contributed by atoms with Crippen molar-refractivity contribution in [1.29, 1.82) is 0 Å².